The number of carbonyl (C=O) groups is 1. The molecule has 2 N–H and O–H groups in total. The standard InChI is InChI=1S/C13H24N2O2/c1-2-13(6-4-7-14-10-13)12(17)15-8-3-5-11(15)9-16/h11,14,16H,2-10H2,1H3/t11-,13?/m1/s1. The highest BCUT2D eigenvalue weighted by molar-refractivity contribution is 5.83. The highest BCUT2D eigenvalue weighted by Gasteiger charge is 2.43. The van der Waals surface area contributed by atoms with Gasteiger partial charge < -0.3 is 15.3 Å². The Morgan fingerprint density at radius 1 is 1.53 bits per heavy atom. The lowest BCUT2D eigenvalue weighted by Gasteiger charge is -2.40. The summed E-state index contributed by atoms with van der Waals surface area (Å²) in [4.78, 5) is 14.6. The van der Waals surface area contributed by atoms with E-state index in [2.05, 4.69) is 12.2 Å². The molecule has 2 aliphatic heterocycles. The molecule has 2 saturated heterocycles. The molecule has 0 saturated carbocycles. The first-order valence-corrected chi connectivity index (χ1v) is 6.86. The van der Waals surface area contributed by atoms with Crippen molar-refractivity contribution in [2.24, 2.45) is 5.41 Å². The number of likely N-dealkylation sites (tertiary alicyclic amines) is 1. The van der Waals surface area contributed by atoms with E-state index in [4.69, 9.17) is 0 Å². The SMILES string of the molecule is CCC1(C(=O)N2CCC[C@@H]2CO)CCCNC1. The summed E-state index contributed by atoms with van der Waals surface area (Å²) in [7, 11) is 0. The average Bonchev–Trinajstić information content (AvgIpc) is 2.86. The molecular formula is C13H24N2O2. The summed E-state index contributed by atoms with van der Waals surface area (Å²) in [6.45, 7) is 4.87. The van der Waals surface area contributed by atoms with E-state index in [-0.39, 0.29) is 24.0 Å². The van der Waals surface area contributed by atoms with Crippen LogP contribution in [0.5, 0.6) is 0 Å². The number of hydrogen-bond acceptors (Lipinski definition) is 3. The quantitative estimate of drug-likeness (QED) is 0.765. The van der Waals surface area contributed by atoms with Crippen LogP contribution < -0.4 is 5.32 Å². The lowest BCUT2D eigenvalue weighted by Crippen LogP contribution is -2.53. The molecule has 98 valence electrons. The molecule has 0 spiro atoms. The second-order valence-corrected chi connectivity index (χ2v) is 5.39. The van der Waals surface area contributed by atoms with Gasteiger partial charge in [-0.1, -0.05) is 6.92 Å². The molecule has 0 bridgehead atoms. The van der Waals surface area contributed by atoms with Crippen molar-refractivity contribution in [3.05, 3.63) is 0 Å². The van der Waals surface area contributed by atoms with Crippen LogP contribution >= 0.6 is 0 Å². The lowest BCUT2D eigenvalue weighted by atomic mass is 9.77. The van der Waals surface area contributed by atoms with Gasteiger partial charge in [-0.25, -0.2) is 0 Å². The second kappa shape index (κ2) is 5.36. The number of nitrogens with one attached hydrogen (secondary N) is 1. The van der Waals surface area contributed by atoms with E-state index < -0.39 is 0 Å². The van der Waals surface area contributed by atoms with E-state index in [9.17, 15) is 9.90 Å². The molecule has 0 aromatic heterocycles. The average molecular weight is 240 g/mol. The van der Waals surface area contributed by atoms with Crippen molar-refractivity contribution in [1.29, 1.82) is 0 Å². The minimum absolute atomic E-state index is 0.0628. The Morgan fingerprint density at radius 3 is 2.94 bits per heavy atom. The van der Waals surface area contributed by atoms with E-state index >= 15 is 0 Å². The third-order valence-corrected chi connectivity index (χ3v) is 4.45. The molecule has 0 radical (unpaired) electrons. The number of hydrogen-bond donors (Lipinski definition) is 2. The number of amides is 1. The van der Waals surface area contributed by atoms with Gasteiger partial charge in [0.2, 0.25) is 5.91 Å². The highest BCUT2D eigenvalue weighted by atomic mass is 16.3. The fraction of sp³-hybridized carbons (Fsp3) is 0.923. The Morgan fingerprint density at radius 2 is 2.35 bits per heavy atom. The first-order chi connectivity index (χ1) is 8.23. The lowest BCUT2D eigenvalue weighted by molar-refractivity contribution is -0.145. The van der Waals surface area contributed by atoms with Crippen LogP contribution in [0.1, 0.15) is 39.0 Å². The maximum atomic E-state index is 12.7. The van der Waals surface area contributed by atoms with Crippen molar-refractivity contribution in [2.45, 2.75) is 45.1 Å². The number of aliphatic hydroxyl groups is 1. The first kappa shape index (κ1) is 12.8. The Bertz CT molecular complexity index is 275. The molecule has 1 unspecified atom stereocenters. The van der Waals surface area contributed by atoms with Gasteiger partial charge in [0.05, 0.1) is 18.1 Å². The van der Waals surface area contributed by atoms with Crippen LogP contribution in [0, 0.1) is 5.41 Å². The Labute approximate surface area is 103 Å². The van der Waals surface area contributed by atoms with Crippen molar-refractivity contribution in [1.82, 2.24) is 10.2 Å². The van der Waals surface area contributed by atoms with Crippen molar-refractivity contribution >= 4 is 5.91 Å². The van der Waals surface area contributed by atoms with E-state index in [0.29, 0.717) is 0 Å². The van der Waals surface area contributed by atoms with Gasteiger partial charge in [0.25, 0.3) is 0 Å². The van der Waals surface area contributed by atoms with Crippen LogP contribution in [0.15, 0.2) is 0 Å². The zero-order valence-electron chi connectivity index (χ0n) is 10.7. The van der Waals surface area contributed by atoms with E-state index in [1.54, 1.807) is 0 Å². The first-order valence-electron chi connectivity index (χ1n) is 6.86. The van der Waals surface area contributed by atoms with E-state index in [1.807, 2.05) is 4.90 Å². The third-order valence-electron chi connectivity index (χ3n) is 4.45. The summed E-state index contributed by atoms with van der Waals surface area (Å²) in [5.41, 5.74) is -0.212. The molecule has 17 heavy (non-hydrogen) atoms. The van der Waals surface area contributed by atoms with Gasteiger partial charge in [-0.15, -0.1) is 0 Å². The predicted octanol–water partition coefficient (Wildman–Crippen LogP) is 0.750. The second-order valence-electron chi connectivity index (χ2n) is 5.39. The summed E-state index contributed by atoms with van der Waals surface area (Å²) in [5.74, 6) is 0.267. The number of nitrogens with zero attached hydrogens (tertiary/aromatic N) is 1. The topological polar surface area (TPSA) is 52.6 Å². The Hall–Kier alpha value is -0.610. The zero-order valence-corrected chi connectivity index (χ0v) is 10.7. The predicted molar refractivity (Wildman–Crippen MR) is 66.6 cm³/mol. The van der Waals surface area contributed by atoms with Crippen molar-refractivity contribution in [3.8, 4) is 0 Å². The maximum absolute atomic E-state index is 12.7. The van der Waals surface area contributed by atoms with Gasteiger partial charge in [0.1, 0.15) is 0 Å². The fourth-order valence-corrected chi connectivity index (χ4v) is 3.20. The smallest absolute Gasteiger partial charge is 0.230 e. The molecule has 2 aliphatic rings. The van der Waals surface area contributed by atoms with Gasteiger partial charge in [-0.3, -0.25) is 4.79 Å². The number of aliphatic hydroxyl groups excluding tert-OH is 1. The van der Waals surface area contributed by atoms with Gasteiger partial charge in [-0.05, 0) is 38.6 Å². The van der Waals surface area contributed by atoms with E-state index in [1.165, 1.54) is 0 Å². The maximum Gasteiger partial charge on any atom is 0.230 e. The minimum Gasteiger partial charge on any atom is -0.394 e. The van der Waals surface area contributed by atoms with Crippen LogP contribution in [0.4, 0.5) is 0 Å². The molecule has 0 aromatic carbocycles. The summed E-state index contributed by atoms with van der Waals surface area (Å²) >= 11 is 0. The van der Waals surface area contributed by atoms with Gasteiger partial charge in [0.15, 0.2) is 0 Å². The molecule has 4 heteroatoms. The molecule has 1 amide bonds. The summed E-state index contributed by atoms with van der Waals surface area (Å²) < 4.78 is 0. The Balaban J connectivity index is 2.10. The van der Waals surface area contributed by atoms with Crippen molar-refractivity contribution in [3.63, 3.8) is 0 Å². The van der Waals surface area contributed by atoms with Gasteiger partial charge >= 0.3 is 0 Å². The third kappa shape index (κ3) is 2.33. The van der Waals surface area contributed by atoms with Crippen LogP contribution in [0.25, 0.3) is 0 Å². The molecule has 0 aliphatic carbocycles. The fourth-order valence-electron chi connectivity index (χ4n) is 3.20. The molecule has 2 heterocycles. The van der Waals surface area contributed by atoms with Crippen molar-refractivity contribution in [2.75, 3.05) is 26.2 Å². The van der Waals surface area contributed by atoms with Crippen molar-refractivity contribution < 1.29 is 9.90 Å². The van der Waals surface area contributed by atoms with Crippen LogP contribution in [-0.2, 0) is 4.79 Å². The summed E-state index contributed by atoms with van der Waals surface area (Å²) in [6.07, 6.45) is 4.95. The van der Waals surface area contributed by atoms with Gasteiger partial charge in [0, 0.05) is 13.1 Å². The molecule has 0 aromatic rings. The van der Waals surface area contributed by atoms with Crippen LogP contribution in [0.3, 0.4) is 0 Å². The Kier molecular flexibility index (Phi) is 4.05. The monoisotopic (exact) mass is 240 g/mol. The van der Waals surface area contributed by atoms with Crippen LogP contribution in [0.2, 0.25) is 0 Å². The van der Waals surface area contributed by atoms with Gasteiger partial charge in [-0.2, -0.15) is 0 Å². The number of piperidine rings is 1. The molecule has 4 nitrogen and oxygen atoms in total. The van der Waals surface area contributed by atoms with E-state index in [0.717, 1.165) is 51.7 Å². The highest BCUT2D eigenvalue weighted by Crippen LogP contribution is 2.34. The summed E-state index contributed by atoms with van der Waals surface area (Å²) in [6, 6.07) is 0.0628. The normalized spacial score (nSPS) is 34.0. The number of carbonyl (C=O) groups excluding carboxylic acids is 1. The number of rotatable bonds is 3. The molecule has 2 fully saturated rings. The zero-order chi connectivity index (χ0) is 12.3. The minimum atomic E-state index is -0.212. The molecular weight excluding hydrogens is 216 g/mol. The largest absolute Gasteiger partial charge is 0.394 e. The van der Waals surface area contributed by atoms with Crippen LogP contribution in [-0.4, -0.2) is 48.2 Å². The molecule has 2 atom stereocenters. The summed E-state index contributed by atoms with van der Waals surface area (Å²) in [5, 5.41) is 12.7. The molecule has 2 rings (SSSR count).